The number of carbonyl (C=O) groups excluding carboxylic acids is 16. The number of carboxylic acids is 2. The van der Waals surface area contributed by atoms with Gasteiger partial charge in [0.15, 0.2) is 0 Å². The second-order valence-electron chi connectivity index (χ2n) is 37.5. The van der Waals surface area contributed by atoms with Gasteiger partial charge in [-0.3, -0.25) is 86.3 Å². The van der Waals surface area contributed by atoms with E-state index in [-0.39, 0.29) is 56.2 Å². The molecule has 2 saturated carbocycles. The molecule has 2 heterocycles. The number of hydrogen-bond acceptors (Lipinski definition) is 23. The van der Waals surface area contributed by atoms with Crippen LogP contribution in [0.15, 0.2) is 109 Å². The first-order valence-corrected chi connectivity index (χ1v) is 48.3. The highest BCUT2D eigenvalue weighted by Crippen LogP contribution is 2.31. The third-order valence-corrected chi connectivity index (χ3v) is 26.2. The molecule has 3 aliphatic rings. The predicted molar refractivity (Wildman–Crippen MR) is 514 cm³/mol. The molecule has 5 aromatic rings. The Kier molecular flexibility index (Phi) is 42.5. The van der Waals surface area contributed by atoms with Crippen LogP contribution < -0.4 is 85.9 Å². The van der Waals surface area contributed by atoms with E-state index in [0.717, 1.165) is 62.5 Å². The minimum absolute atomic E-state index is 0.0178. The van der Waals surface area contributed by atoms with Gasteiger partial charge in [0.25, 0.3) is 0 Å². The van der Waals surface area contributed by atoms with Crippen molar-refractivity contribution in [2.75, 3.05) is 25.1 Å². The van der Waals surface area contributed by atoms with E-state index in [4.69, 9.17) is 11.5 Å². The van der Waals surface area contributed by atoms with E-state index >= 15 is 28.8 Å². The zero-order valence-electron chi connectivity index (χ0n) is 80.1. The van der Waals surface area contributed by atoms with Gasteiger partial charge in [-0.05, 0) is 137 Å². The van der Waals surface area contributed by atoms with Gasteiger partial charge in [-0.15, -0.1) is 11.8 Å². The molecule has 41 nitrogen and oxygen atoms in total. The summed E-state index contributed by atoms with van der Waals surface area (Å²) in [6.45, 7) is 12.0. The molecule has 42 heteroatoms. The summed E-state index contributed by atoms with van der Waals surface area (Å²) >= 11 is 0.702. The third kappa shape index (κ3) is 34.2. The number of nitrogens with zero attached hydrogens (tertiary/aromatic N) is 1. The van der Waals surface area contributed by atoms with Crippen molar-refractivity contribution in [3.05, 3.63) is 126 Å². The molecule has 2 aliphatic carbocycles. The van der Waals surface area contributed by atoms with Crippen LogP contribution in [0.3, 0.4) is 0 Å². The Morgan fingerprint density at radius 1 is 0.504 bits per heavy atom. The monoisotopic (exact) mass is 1950 g/mol. The van der Waals surface area contributed by atoms with Crippen molar-refractivity contribution in [1.29, 1.82) is 0 Å². The van der Waals surface area contributed by atoms with Gasteiger partial charge in [-0.25, -0.2) is 0 Å². The van der Waals surface area contributed by atoms with Gasteiger partial charge in [0.05, 0.1) is 23.9 Å². The number of amides is 16. The van der Waals surface area contributed by atoms with Crippen molar-refractivity contribution in [3.8, 4) is 16.9 Å². The largest absolute Gasteiger partial charge is 0.508 e. The lowest BCUT2D eigenvalue weighted by Crippen LogP contribution is -2.65. The van der Waals surface area contributed by atoms with Crippen LogP contribution in [0.5, 0.6) is 5.75 Å². The lowest BCUT2D eigenvalue weighted by molar-refractivity contribution is -0.143. The molecule has 0 bridgehead atoms. The van der Waals surface area contributed by atoms with Gasteiger partial charge in [0, 0.05) is 55.6 Å². The number of likely N-dealkylation sites (N-methyl/N-ethyl adjacent to an activating group) is 1. The first-order chi connectivity index (χ1) is 65.8. The fourth-order valence-corrected chi connectivity index (χ4v) is 17.8. The second kappa shape index (κ2) is 53.2. The Morgan fingerprint density at radius 3 is 1.52 bits per heavy atom. The van der Waals surface area contributed by atoms with Crippen LogP contribution >= 0.6 is 11.8 Å². The van der Waals surface area contributed by atoms with Crippen LogP contribution in [0.25, 0.3) is 22.0 Å². The zero-order chi connectivity index (χ0) is 102. The molecule has 4 aromatic carbocycles. The predicted octanol–water partition coefficient (Wildman–Crippen LogP) is 0.547. The average molecular weight is 1950 g/mol. The van der Waals surface area contributed by atoms with Crippen LogP contribution in [0.1, 0.15) is 182 Å². The topological polar surface area (TPSA) is 648 Å². The molecular formula is C97H136N18O23S. The number of aromatic nitrogens is 1. The van der Waals surface area contributed by atoms with Gasteiger partial charge in [-0.1, -0.05) is 177 Å². The number of benzene rings is 4. The van der Waals surface area contributed by atoms with Gasteiger partial charge in [0.1, 0.15) is 96.4 Å². The highest BCUT2D eigenvalue weighted by atomic mass is 32.2. The maximum absolute atomic E-state index is 15.4. The number of aliphatic hydroxyl groups excluding tert-OH is 1. The number of thioether (sulfide) groups is 1. The quantitative estimate of drug-likeness (QED) is 0.0379. The standard InChI is InChI=1S/C97H136N18O23S/c1-51(2)78-93(134)109-70(44-58-30-34-61(35-31-58)60-26-18-13-19-27-60)89(130)112-79(52(3)4)96(137)115(10)54(6)84(125)101-53(5)83(124)104-67(38-39-76(119)120)85(126)105-71(43-57-24-16-12-17-25-57)91(132)114-81(97(8,9)138)95(136)113-80(55(7)116)94(135)110-74(92(133)103-66(40-41-98)82(99)123)49-139-50-75(118)102-68(42-56-22-14-11-15-23-56)86(127)106-69(45-59-32-36-63(117)37-33-59)87(128)108-73(47-77(121)122)88(129)107-72(90(131)111-78)46-62-48-100-65-29-21-20-28-64(62)65/h13,18-21,26-37,48,51-57,66-74,78-81,100,116-117,138H,11-12,14-17,22-25,38-47,49-50,98H2,1-10H3,(H2,99,123)(H,101,125)(H,102,118)(H,103,133)(H,104,124)(H,105,126)(H,106,127)(H,107,129)(H,108,128)(H,109,134)(H,110,135)(H,111,131)(H,112,130)(H,113,136)(H,114,132)(H,119,120)(H,121,122)/t53-,54+,55+,66+,67+,68+,69+,70+,71+,72+,73+,74+,78+,79+,80+,81-/m1/s1. The molecular weight excluding hydrogens is 1820 g/mol. The van der Waals surface area contributed by atoms with E-state index in [2.05, 4.69) is 79.4 Å². The molecule has 1 aliphatic heterocycles. The Balaban J connectivity index is 1.20. The van der Waals surface area contributed by atoms with Crippen LogP contribution in [0, 0.1) is 23.7 Å². The van der Waals surface area contributed by atoms with Crippen molar-refractivity contribution in [2.45, 2.75) is 287 Å². The fraction of sp³-hybridized carbons (Fsp3) is 0.546. The summed E-state index contributed by atoms with van der Waals surface area (Å²) in [4.78, 5) is 266. The number of aromatic amines is 1. The molecule has 1 aromatic heterocycles. The van der Waals surface area contributed by atoms with Gasteiger partial charge >= 0.3 is 11.9 Å². The van der Waals surface area contributed by atoms with Crippen molar-refractivity contribution < 1.29 is 112 Å². The summed E-state index contributed by atoms with van der Waals surface area (Å²) in [5, 5.41) is 90.6. The SMILES string of the molecule is CC(C)[C@@H]1NC(=O)[C@H](Cc2c[nH]c3ccccc23)NC(=O)[C@H](CC(=O)O)NC(=O)[C@H](Cc2ccc(O)cc2)NC(=O)[C@H](CC2CCCCC2)NC(=O)CSC[C@@H](C(=O)N[C@@H](CCN)C(N)=O)NC(=O)[C@H]([C@H](C)O)NC(=O)[C@H](C(C)(C)O)NC(=O)[C@H](CC2CCCCC2)NC(=O)[C@H](CCC(=O)O)NC(=O)[C@@H](C)NC(=O)[C@H](C)N(C)C(=O)[C@H](C(C)C)NC(=O)[C@H](Cc2ccc(-c3ccccc3)cc2)NC1=O. The number of fused-ring (bicyclic) bond motifs is 1. The fourth-order valence-electron chi connectivity index (χ4n) is 16.9. The average Bonchev–Trinajstić information content (AvgIpc) is 1.75. The molecule has 24 N–H and O–H groups in total. The molecule has 758 valence electrons. The van der Waals surface area contributed by atoms with Gasteiger partial charge < -0.3 is 121 Å². The lowest BCUT2D eigenvalue weighted by atomic mass is 9.84. The summed E-state index contributed by atoms with van der Waals surface area (Å²) in [6, 6.07) is 3.43. The molecule has 139 heavy (non-hydrogen) atoms. The maximum Gasteiger partial charge on any atom is 0.305 e. The first kappa shape index (κ1) is 111. The molecule has 0 unspecified atom stereocenters. The molecule has 0 radical (unpaired) electrons. The van der Waals surface area contributed by atoms with Gasteiger partial charge in [-0.2, -0.15) is 0 Å². The third-order valence-electron chi connectivity index (χ3n) is 25.2. The molecule has 16 amide bonds. The van der Waals surface area contributed by atoms with E-state index < -0.39 is 258 Å². The number of phenols is 1. The Hall–Kier alpha value is -13.1. The highest BCUT2D eigenvalue weighted by Gasteiger charge is 2.44. The molecule has 1 saturated heterocycles. The number of nitrogens with two attached hydrogens (primary N) is 2. The number of rotatable bonds is 25. The molecule has 8 rings (SSSR count). The summed E-state index contributed by atoms with van der Waals surface area (Å²) in [6.07, 6.45) is 2.83. The van der Waals surface area contributed by atoms with Crippen molar-refractivity contribution >= 4 is 129 Å². The minimum Gasteiger partial charge on any atom is -0.508 e. The van der Waals surface area contributed by atoms with Gasteiger partial charge in [0.2, 0.25) is 94.5 Å². The van der Waals surface area contributed by atoms with Crippen LogP contribution in [0.2, 0.25) is 0 Å². The number of aliphatic carboxylic acids is 2. The van der Waals surface area contributed by atoms with E-state index in [1.807, 2.05) is 30.3 Å². The number of para-hydroxylation sites is 1. The lowest BCUT2D eigenvalue weighted by Gasteiger charge is -2.34. The van der Waals surface area contributed by atoms with E-state index in [1.54, 1.807) is 82.4 Å². The summed E-state index contributed by atoms with van der Waals surface area (Å²) < 4.78 is 0. The number of nitrogens with one attached hydrogen (secondary N) is 15. The van der Waals surface area contributed by atoms with Crippen molar-refractivity contribution in [3.63, 3.8) is 0 Å². The summed E-state index contributed by atoms with van der Waals surface area (Å²) in [5.74, 6) is -23.4. The maximum atomic E-state index is 15.4. The number of aliphatic hydroxyl groups is 2. The zero-order valence-corrected chi connectivity index (χ0v) is 80.9. The number of carbonyl (C=O) groups is 18. The molecule has 3 fully saturated rings. The number of H-pyrrole nitrogens is 1. The number of aromatic hydroxyl groups is 1. The molecule has 16 atom stereocenters. The summed E-state index contributed by atoms with van der Waals surface area (Å²) in [7, 11) is 1.25. The van der Waals surface area contributed by atoms with Crippen LogP contribution in [-0.4, -0.2) is 269 Å². The first-order valence-electron chi connectivity index (χ1n) is 47.2. The van der Waals surface area contributed by atoms with Crippen molar-refractivity contribution in [1.82, 2.24) is 84.3 Å². The number of phenolic OH excluding ortho intramolecular Hbond substituents is 1. The van der Waals surface area contributed by atoms with Crippen LogP contribution in [0.4, 0.5) is 0 Å². The van der Waals surface area contributed by atoms with Crippen molar-refractivity contribution in [2.24, 2.45) is 35.1 Å². The second-order valence-corrected chi connectivity index (χ2v) is 38.5. The normalized spacial score (nSPS) is 25.0. The number of carboxylic acid groups (broad SMARTS) is 2. The Bertz CT molecular complexity index is 5120. The van der Waals surface area contributed by atoms with Crippen LogP contribution in [-0.2, 0) is 106 Å². The number of primary amides is 1. The Labute approximate surface area is 811 Å². The number of hydrogen-bond donors (Lipinski definition) is 22. The van der Waals surface area contributed by atoms with E-state index in [1.165, 1.54) is 45.2 Å². The smallest absolute Gasteiger partial charge is 0.305 e. The van der Waals surface area contributed by atoms with E-state index in [0.29, 0.717) is 77.9 Å². The van der Waals surface area contributed by atoms with E-state index in [9.17, 15) is 83.1 Å². The summed E-state index contributed by atoms with van der Waals surface area (Å²) in [5.41, 5.74) is 12.7. The minimum atomic E-state index is -2.26. The Morgan fingerprint density at radius 2 is 0.971 bits per heavy atom. The molecule has 0 spiro atoms. The highest BCUT2D eigenvalue weighted by molar-refractivity contribution is 8.00.